The van der Waals surface area contributed by atoms with E-state index in [1.165, 1.54) is 0 Å². The van der Waals surface area contributed by atoms with Crippen molar-refractivity contribution in [3.05, 3.63) is 35.9 Å². The lowest BCUT2D eigenvalue weighted by molar-refractivity contribution is -0.228. The van der Waals surface area contributed by atoms with Gasteiger partial charge in [0.05, 0.1) is 6.61 Å². The van der Waals surface area contributed by atoms with Gasteiger partial charge in [-0.2, -0.15) is 0 Å². The summed E-state index contributed by atoms with van der Waals surface area (Å²) in [7, 11) is 0. The van der Waals surface area contributed by atoms with Gasteiger partial charge in [-0.05, 0) is 19.4 Å². The van der Waals surface area contributed by atoms with Crippen molar-refractivity contribution in [3.63, 3.8) is 0 Å². The van der Waals surface area contributed by atoms with E-state index in [1.54, 1.807) is 0 Å². The van der Waals surface area contributed by atoms with Crippen LogP contribution in [0.15, 0.2) is 30.3 Å². The minimum atomic E-state index is -0.697. The number of hydrogen-bond acceptors (Lipinski definition) is 7. The monoisotopic (exact) mass is 352 g/mol. The van der Waals surface area contributed by atoms with Crippen molar-refractivity contribution >= 4 is 17.5 Å². The Labute approximate surface area is 145 Å². The Morgan fingerprint density at radius 3 is 2.67 bits per heavy atom. The van der Waals surface area contributed by atoms with E-state index in [2.05, 4.69) is 0 Å². The third kappa shape index (κ3) is 3.14. The second kappa shape index (κ2) is 6.24. The summed E-state index contributed by atoms with van der Waals surface area (Å²) < 4.78 is 34.8. The number of fused-ring (bicyclic) bond motifs is 1. The molecule has 7 heteroatoms. The largest absolute Gasteiger partial charge is 0.453 e. The lowest BCUT2D eigenvalue weighted by Gasteiger charge is -2.27. The SMILES string of the molecule is CC1(C)O[C@H]2O[C@H]([C@H]3COC(=S)O3)[C@H](OCc3ccccc3)[C@H]2O1. The zero-order valence-electron chi connectivity index (χ0n) is 13.5. The normalized spacial score (nSPS) is 37.1. The molecule has 3 aliphatic rings. The molecule has 0 saturated carbocycles. The van der Waals surface area contributed by atoms with E-state index in [-0.39, 0.29) is 29.7 Å². The van der Waals surface area contributed by atoms with Crippen LogP contribution in [-0.4, -0.2) is 48.3 Å². The molecule has 0 spiro atoms. The summed E-state index contributed by atoms with van der Waals surface area (Å²) in [6.45, 7) is 4.53. The molecule has 3 saturated heterocycles. The predicted molar refractivity (Wildman–Crippen MR) is 87.1 cm³/mol. The van der Waals surface area contributed by atoms with Gasteiger partial charge in [-0.1, -0.05) is 30.3 Å². The van der Waals surface area contributed by atoms with Gasteiger partial charge in [0.2, 0.25) is 0 Å². The second-order valence-corrected chi connectivity index (χ2v) is 6.88. The summed E-state index contributed by atoms with van der Waals surface area (Å²) in [6.07, 6.45) is -1.80. The molecule has 3 heterocycles. The summed E-state index contributed by atoms with van der Waals surface area (Å²) in [4.78, 5) is 0. The smallest absolute Gasteiger partial charge is 0.352 e. The van der Waals surface area contributed by atoms with Gasteiger partial charge < -0.3 is 28.4 Å². The molecular formula is C17H20O6S. The molecular weight excluding hydrogens is 332 g/mol. The summed E-state index contributed by atoms with van der Waals surface area (Å²) >= 11 is 4.95. The molecule has 0 aromatic heterocycles. The highest BCUT2D eigenvalue weighted by atomic mass is 32.1. The Kier molecular flexibility index (Phi) is 4.22. The number of thiocarbonyl (C=S) groups is 1. The highest BCUT2D eigenvalue weighted by molar-refractivity contribution is 7.79. The zero-order valence-corrected chi connectivity index (χ0v) is 14.4. The zero-order chi connectivity index (χ0) is 16.7. The maximum atomic E-state index is 6.15. The fourth-order valence-electron chi connectivity index (χ4n) is 3.26. The standard InChI is InChI=1S/C17H20O6S/c1-17(2)22-14-13(18-8-10-6-4-3-5-7-10)12(21-15(14)23-17)11-9-19-16(24)20-11/h3-7,11-15H,8-9H2,1-2H3/t11-,12-,13+,14-,15-/m1/s1. The van der Waals surface area contributed by atoms with Gasteiger partial charge in [0.15, 0.2) is 18.2 Å². The van der Waals surface area contributed by atoms with Gasteiger partial charge in [0.1, 0.15) is 24.9 Å². The van der Waals surface area contributed by atoms with Gasteiger partial charge in [0, 0.05) is 12.2 Å². The first-order valence-electron chi connectivity index (χ1n) is 8.02. The lowest BCUT2D eigenvalue weighted by Crippen LogP contribution is -2.43. The van der Waals surface area contributed by atoms with E-state index in [4.69, 9.17) is 40.6 Å². The molecule has 1 aromatic rings. The highest BCUT2D eigenvalue weighted by Gasteiger charge is 2.58. The van der Waals surface area contributed by atoms with Crippen molar-refractivity contribution in [2.24, 2.45) is 0 Å². The van der Waals surface area contributed by atoms with Crippen molar-refractivity contribution in [3.8, 4) is 0 Å². The molecule has 0 aliphatic carbocycles. The van der Waals surface area contributed by atoms with Gasteiger partial charge in [-0.15, -0.1) is 0 Å². The number of ether oxygens (including phenoxy) is 6. The second-order valence-electron chi connectivity index (χ2n) is 6.55. The highest BCUT2D eigenvalue weighted by Crippen LogP contribution is 2.41. The fraction of sp³-hybridized carbons (Fsp3) is 0.588. The van der Waals surface area contributed by atoms with E-state index >= 15 is 0 Å². The molecule has 0 N–H and O–H groups in total. The maximum Gasteiger partial charge on any atom is 0.352 e. The van der Waals surface area contributed by atoms with E-state index in [0.29, 0.717) is 13.2 Å². The number of rotatable bonds is 4. The van der Waals surface area contributed by atoms with Crippen LogP contribution in [0.25, 0.3) is 0 Å². The van der Waals surface area contributed by atoms with E-state index in [9.17, 15) is 0 Å². The summed E-state index contributed by atoms with van der Waals surface area (Å²) in [6, 6.07) is 9.97. The molecule has 0 unspecified atom stereocenters. The van der Waals surface area contributed by atoms with Crippen molar-refractivity contribution in [1.29, 1.82) is 0 Å². The minimum Gasteiger partial charge on any atom is -0.453 e. The molecule has 24 heavy (non-hydrogen) atoms. The first-order valence-corrected chi connectivity index (χ1v) is 8.43. The number of benzene rings is 1. The van der Waals surface area contributed by atoms with Crippen LogP contribution >= 0.6 is 12.2 Å². The molecule has 4 rings (SSSR count). The third-order valence-corrected chi connectivity index (χ3v) is 4.51. The van der Waals surface area contributed by atoms with Crippen molar-refractivity contribution in [2.45, 2.75) is 56.9 Å². The first-order chi connectivity index (χ1) is 11.5. The minimum absolute atomic E-state index is 0.143. The Balaban J connectivity index is 1.50. The Bertz CT molecular complexity index is 606. The average molecular weight is 352 g/mol. The maximum absolute atomic E-state index is 6.15. The molecule has 6 nitrogen and oxygen atoms in total. The predicted octanol–water partition coefficient (Wildman–Crippen LogP) is 2.15. The van der Waals surface area contributed by atoms with Gasteiger partial charge >= 0.3 is 5.24 Å². The lowest BCUT2D eigenvalue weighted by atomic mass is 10.1. The Morgan fingerprint density at radius 2 is 1.96 bits per heavy atom. The summed E-state index contributed by atoms with van der Waals surface area (Å²) in [5, 5.41) is 0.143. The van der Waals surface area contributed by atoms with E-state index < -0.39 is 12.1 Å². The molecule has 5 atom stereocenters. The van der Waals surface area contributed by atoms with Crippen LogP contribution in [0.2, 0.25) is 0 Å². The molecule has 3 fully saturated rings. The van der Waals surface area contributed by atoms with Crippen LogP contribution in [0.4, 0.5) is 0 Å². The van der Waals surface area contributed by atoms with Crippen molar-refractivity contribution in [2.75, 3.05) is 6.61 Å². The molecule has 0 radical (unpaired) electrons. The molecule has 0 amide bonds. The molecule has 3 aliphatic heterocycles. The van der Waals surface area contributed by atoms with Crippen LogP contribution in [0.5, 0.6) is 0 Å². The van der Waals surface area contributed by atoms with Crippen molar-refractivity contribution in [1.82, 2.24) is 0 Å². The van der Waals surface area contributed by atoms with Crippen LogP contribution in [0.1, 0.15) is 19.4 Å². The Hall–Kier alpha value is -1.25. The quantitative estimate of drug-likeness (QED) is 0.770. The average Bonchev–Trinajstić information content (AvgIpc) is 3.18. The first kappa shape index (κ1) is 16.2. The third-order valence-electron chi connectivity index (χ3n) is 4.29. The number of hydrogen-bond donors (Lipinski definition) is 0. The van der Waals surface area contributed by atoms with E-state index in [1.807, 2.05) is 44.2 Å². The Morgan fingerprint density at radius 1 is 1.17 bits per heavy atom. The fourth-order valence-corrected chi connectivity index (χ4v) is 3.46. The molecule has 0 bridgehead atoms. The van der Waals surface area contributed by atoms with Gasteiger partial charge in [-0.3, -0.25) is 0 Å². The van der Waals surface area contributed by atoms with Crippen LogP contribution in [0.3, 0.4) is 0 Å². The van der Waals surface area contributed by atoms with Gasteiger partial charge in [-0.25, -0.2) is 0 Å². The van der Waals surface area contributed by atoms with E-state index in [0.717, 1.165) is 5.56 Å². The van der Waals surface area contributed by atoms with Gasteiger partial charge in [0.25, 0.3) is 0 Å². The summed E-state index contributed by atoms with van der Waals surface area (Å²) in [5.41, 5.74) is 1.08. The van der Waals surface area contributed by atoms with Crippen LogP contribution in [-0.2, 0) is 35.0 Å². The molecule has 130 valence electrons. The summed E-state index contributed by atoms with van der Waals surface area (Å²) in [5.74, 6) is -0.697. The van der Waals surface area contributed by atoms with Crippen molar-refractivity contribution < 1.29 is 28.4 Å². The topological polar surface area (TPSA) is 55.4 Å². The van der Waals surface area contributed by atoms with Crippen LogP contribution < -0.4 is 0 Å². The molecule has 1 aromatic carbocycles. The van der Waals surface area contributed by atoms with Crippen LogP contribution in [0, 0.1) is 0 Å².